The van der Waals surface area contributed by atoms with Crippen LogP contribution in [0.1, 0.15) is 11.8 Å². The molecule has 4 heteroatoms. The smallest absolute Gasteiger partial charge is 0.196 e. The number of anilines is 1. The molecule has 1 aliphatic heterocycles. The lowest BCUT2D eigenvalue weighted by atomic mass is 10.0. The van der Waals surface area contributed by atoms with Gasteiger partial charge in [-0.2, -0.15) is 0 Å². The lowest BCUT2D eigenvalue weighted by Crippen LogP contribution is -2.09. The van der Waals surface area contributed by atoms with Crippen LogP contribution in [-0.2, 0) is 0 Å². The van der Waals surface area contributed by atoms with Gasteiger partial charge >= 0.3 is 0 Å². The first kappa shape index (κ1) is 29.7. The van der Waals surface area contributed by atoms with E-state index in [9.17, 15) is 0 Å². The zero-order valence-corrected chi connectivity index (χ0v) is 28.8. The maximum Gasteiger partial charge on any atom is 0.196 e. The summed E-state index contributed by atoms with van der Waals surface area (Å²) in [7, 11) is 0. The minimum Gasteiger partial charge on any atom is -0.464 e. The summed E-state index contributed by atoms with van der Waals surface area (Å²) in [6.45, 7) is 0. The number of aromatic nitrogens is 2. The molecule has 0 radical (unpaired) electrons. The second-order valence-corrected chi connectivity index (χ2v) is 13.8. The standard InChI is InChI=1S/C49H33N3O/c1-3-11-32(12-4-1)33-19-24-38(25-20-33)52-45-18-10-8-16-40(45)42-30-36(23-28-47(42)52)49-50-43-26-21-35(31-48(43)53-49)34-22-27-46-41(29-34)39-15-7-9-17-44(39)51(46)37-13-5-2-6-14-37/h1-31,49-50H. The van der Waals surface area contributed by atoms with Crippen molar-refractivity contribution in [2.45, 2.75) is 6.23 Å². The Morgan fingerprint density at radius 1 is 0.377 bits per heavy atom. The van der Waals surface area contributed by atoms with Crippen LogP contribution in [0.5, 0.6) is 5.75 Å². The highest BCUT2D eigenvalue weighted by Gasteiger charge is 2.25. The van der Waals surface area contributed by atoms with Crippen LogP contribution in [0.15, 0.2) is 188 Å². The van der Waals surface area contributed by atoms with E-state index in [0.29, 0.717) is 0 Å². The number of rotatable bonds is 5. The first-order valence-electron chi connectivity index (χ1n) is 18.1. The van der Waals surface area contributed by atoms with Crippen LogP contribution in [0.2, 0.25) is 0 Å². The number of ether oxygens (including phenoxy) is 1. The normalized spacial score (nSPS) is 13.8. The van der Waals surface area contributed by atoms with Gasteiger partial charge in [-0.3, -0.25) is 0 Å². The average molecular weight is 680 g/mol. The largest absolute Gasteiger partial charge is 0.464 e. The molecule has 1 aliphatic rings. The Bertz CT molecular complexity index is 2990. The molecule has 11 rings (SSSR count). The van der Waals surface area contributed by atoms with Crippen LogP contribution in [0.25, 0.3) is 77.2 Å². The van der Waals surface area contributed by atoms with E-state index in [1.165, 1.54) is 54.7 Å². The van der Waals surface area contributed by atoms with Crippen molar-refractivity contribution < 1.29 is 4.74 Å². The van der Waals surface area contributed by atoms with Gasteiger partial charge in [-0.05, 0) is 95.1 Å². The maximum absolute atomic E-state index is 6.66. The van der Waals surface area contributed by atoms with Gasteiger partial charge in [-0.15, -0.1) is 0 Å². The van der Waals surface area contributed by atoms with E-state index in [-0.39, 0.29) is 6.23 Å². The van der Waals surface area contributed by atoms with Gasteiger partial charge in [0.15, 0.2) is 6.23 Å². The van der Waals surface area contributed by atoms with Gasteiger partial charge in [-0.25, -0.2) is 0 Å². The van der Waals surface area contributed by atoms with Gasteiger partial charge in [0.05, 0.1) is 27.8 Å². The highest BCUT2D eigenvalue weighted by molar-refractivity contribution is 6.11. The third kappa shape index (κ3) is 4.77. The summed E-state index contributed by atoms with van der Waals surface area (Å²) in [5, 5.41) is 8.55. The minimum absolute atomic E-state index is 0.289. The van der Waals surface area contributed by atoms with Crippen LogP contribution >= 0.6 is 0 Å². The Morgan fingerprint density at radius 2 is 0.887 bits per heavy atom. The van der Waals surface area contributed by atoms with Crippen molar-refractivity contribution in [3.8, 4) is 39.4 Å². The summed E-state index contributed by atoms with van der Waals surface area (Å²) in [6.07, 6.45) is -0.289. The van der Waals surface area contributed by atoms with Crippen molar-refractivity contribution in [1.82, 2.24) is 9.13 Å². The predicted molar refractivity (Wildman–Crippen MR) is 219 cm³/mol. The van der Waals surface area contributed by atoms with Gasteiger partial charge in [0.25, 0.3) is 0 Å². The van der Waals surface area contributed by atoms with Gasteiger partial charge in [-0.1, -0.05) is 115 Å². The number of nitrogens with zero attached hydrogens (tertiary/aromatic N) is 2. The number of fused-ring (bicyclic) bond motifs is 7. The SMILES string of the molecule is c1ccc(-c2ccc(-n3c4ccccc4c4cc(C5Nc6ccc(-c7ccc8c(c7)c7ccccc7n8-c7ccccc7)cc6O5)ccc43)cc2)cc1. The lowest BCUT2D eigenvalue weighted by molar-refractivity contribution is 0.260. The molecule has 1 atom stereocenters. The highest BCUT2D eigenvalue weighted by Crippen LogP contribution is 2.43. The third-order valence-corrected chi connectivity index (χ3v) is 10.8. The molecule has 0 fully saturated rings. The van der Waals surface area contributed by atoms with E-state index >= 15 is 0 Å². The number of benzene rings is 8. The van der Waals surface area contributed by atoms with Crippen molar-refractivity contribution in [2.75, 3.05) is 5.32 Å². The predicted octanol–water partition coefficient (Wildman–Crippen LogP) is 12.7. The van der Waals surface area contributed by atoms with E-state index in [1.807, 2.05) is 0 Å². The summed E-state index contributed by atoms with van der Waals surface area (Å²) in [4.78, 5) is 0. The second-order valence-electron chi connectivity index (χ2n) is 13.8. The zero-order chi connectivity index (χ0) is 34.9. The van der Waals surface area contributed by atoms with Crippen LogP contribution in [0.4, 0.5) is 5.69 Å². The fourth-order valence-electron chi connectivity index (χ4n) is 8.24. The molecular formula is C49H33N3O. The quantitative estimate of drug-likeness (QED) is 0.196. The topological polar surface area (TPSA) is 31.1 Å². The van der Waals surface area contributed by atoms with Gasteiger partial charge in [0, 0.05) is 38.5 Å². The second kappa shape index (κ2) is 11.8. The number of para-hydroxylation sites is 3. The Hall–Kier alpha value is -7.04. The summed E-state index contributed by atoms with van der Waals surface area (Å²) in [5.41, 5.74) is 13.9. The maximum atomic E-state index is 6.66. The Morgan fingerprint density at radius 3 is 1.60 bits per heavy atom. The van der Waals surface area contributed by atoms with Crippen LogP contribution in [-0.4, -0.2) is 9.13 Å². The molecule has 0 bridgehead atoms. The molecule has 1 unspecified atom stereocenters. The molecule has 2 aromatic heterocycles. The molecule has 0 amide bonds. The molecule has 0 spiro atoms. The Labute approximate surface area is 306 Å². The van der Waals surface area contributed by atoms with E-state index in [1.54, 1.807) is 0 Å². The zero-order valence-electron chi connectivity index (χ0n) is 28.8. The summed E-state index contributed by atoms with van der Waals surface area (Å²) < 4.78 is 11.4. The fraction of sp³-hybridized carbons (Fsp3) is 0.0204. The molecule has 0 saturated heterocycles. The molecule has 8 aromatic carbocycles. The first-order chi connectivity index (χ1) is 26.3. The molecular weight excluding hydrogens is 647 g/mol. The summed E-state index contributed by atoms with van der Waals surface area (Å²) in [5.74, 6) is 0.861. The fourth-order valence-corrected chi connectivity index (χ4v) is 8.24. The summed E-state index contributed by atoms with van der Waals surface area (Å²) >= 11 is 0. The molecule has 3 heterocycles. The van der Waals surface area contributed by atoms with Crippen LogP contribution < -0.4 is 10.1 Å². The molecule has 1 N–H and O–H groups in total. The minimum atomic E-state index is -0.289. The van der Waals surface area contributed by atoms with E-state index in [2.05, 4.69) is 203 Å². The Kier molecular flexibility index (Phi) is 6.58. The molecule has 0 saturated carbocycles. The molecule has 250 valence electrons. The van der Waals surface area contributed by atoms with Crippen LogP contribution in [0, 0.1) is 0 Å². The van der Waals surface area contributed by atoms with Crippen molar-refractivity contribution in [1.29, 1.82) is 0 Å². The van der Waals surface area contributed by atoms with E-state index in [4.69, 9.17) is 4.74 Å². The average Bonchev–Trinajstić information content (AvgIpc) is 3.91. The van der Waals surface area contributed by atoms with Crippen molar-refractivity contribution in [2.24, 2.45) is 0 Å². The third-order valence-electron chi connectivity index (χ3n) is 10.8. The van der Waals surface area contributed by atoms with Gasteiger partial charge in [0.2, 0.25) is 0 Å². The van der Waals surface area contributed by atoms with Crippen LogP contribution in [0.3, 0.4) is 0 Å². The van der Waals surface area contributed by atoms with Crippen molar-refractivity contribution >= 4 is 49.3 Å². The molecule has 10 aromatic rings. The molecule has 4 nitrogen and oxygen atoms in total. The van der Waals surface area contributed by atoms with Crippen molar-refractivity contribution in [3.63, 3.8) is 0 Å². The number of hydrogen-bond acceptors (Lipinski definition) is 2. The molecule has 0 aliphatic carbocycles. The monoisotopic (exact) mass is 679 g/mol. The van der Waals surface area contributed by atoms with Gasteiger partial charge in [0.1, 0.15) is 5.75 Å². The molecule has 53 heavy (non-hydrogen) atoms. The highest BCUT2D eigenvalue weighted by atomic mass is 16.5. The lowest BCUT2D eigenvalue weighted by Gasteiger charge is -2.13. The Balaban J connectivity index is 0.929. The number of hydrogen-bond donors (Lipinski definition) is 1. The van der Waals surface area contributed by atoms with Gasteiger partial charge < -0.3 is 19.2 Å². The van der Waals surface area contributed by atoms with Crippen molar-refractivity contribution in [3.05, 3.63) is 194 Å². The summed E-state index contributed by atoms with van der Waals surface area (Å²) in [6, 6.07) is 67.3. The van der Waals surface area contributed by atoms with E-state index in [0.717, 1.165) is 39.5 Å². The first-order valence-corrected chi connectivity index (χ1v) is 18.1. The van der Waals surface area contributed by atoms with E-state index < -0.39 is 0 Å². The number of nitrogens with one attached hydrogen (secondary N) is 1.